The summed E-state index contributed by atoms with van der Waals surface area (Å²) >= 11 is 0. The normalized spacial score (nSPS) is 10.7. The second-order valence-corrected chi connectivity index (χ2v) is 7.51. The molecule has 0 aliphatic carbocycles. The Morgan fingerprint density at radius 3 is 2.61 bits per heavy atom. The van der Waals surface area contributed by atoms with Crippen molar-refractivity contribution >= 4 is 23.5 Å². The topological polar surface area (TPSA) is 128 Å². The number of aromatic nitrogens is 4. The highest BCUT2D eigenvalue weighted by Crippen LogP contribution is 2.17. The molecule has 0 saturated heterocycles. The second-order valence-electron chi connectivity index (χ2n) is 7.51. The van der Waals surface area contributed by atoms with Crippen LogP contribution in [0.3, 0.4) is 0 Å². The maximum atomic E-state index is 12.2. The summed E-state index contributed by atoms with van der Waals surface area (Å²) in [6, 6.07) is 14.1. The molecule has 2 amide bonds. The van der Waals surface area contributed by atoms with Crippen LogP contribution in [0.4, 0.5) is 5.69 Å². The molecule has 10 heteroatoms. The van der Waals surface area contributed by atoms with Gasteiger partial charge >= 0.3 is 5.97 Å². The van der Waals surface area contributed by atoms with Crippen molar-refractivity contribution in [1.82, 2.24) is 25.5 Å². The van der Waals surface area contributed by atoms with E-state index in [9.17, 15) is 14.4 Å². The fourth-order valence-corrected chi connectivity index (χ4v) is 3.00. The van der Waals surface area contributed by atoms with Crippen molar-refractivity contribution in [2.75, 3.05) is 11.9 Å². The van der Waals surface area contributed by atoms with E-state index in [0.717, 1.165) is 22.5 Å². The summed E-state index contributed by atoms with van der Waals surface area (Å²) in [6.07, 6.45) is 0.549. The van der Waals surface area contributed by atoms with Gasteiger partial charge in [0.15, 0.2) is 0 Å². The van der Waals surface area contributed by atoms with E-state index in [2.05, 4.69) is 26.0 Å². The molecule has 3 aromatic rings. The van der Waals surface area contributed by atoms with E-state index in [0.29, 0.717) is 11.1 Å². The number of anilines is 1. The van der Waals surface area contributed by atoms with E-state index < -0.39 is 11.9 Å². The van der Waals surface area contributed by atoms with E-state index >= 15 is 0 Å². The summed E-state index contributed by atoms with van der Waals surface area (Å²) in [5.74, 6) is -0.955. The number of rotatable bonds is 9. The number of amides is 2. The Bertz CT molecular complexity index is 1140. The molecule has 2 aromatic carbocycles. The van der Waals surface area contributed by atoms with Gasteiger partial charge in [-0.15, -0.1) is 10.2 Å². The fraction of sp³-hybridized carbons (Fsp3) is 0.304. The van der Waals surface area contributed by atoms with Crippen LogP contribution >= 0.6 is 0 Å². The number of aryl methyl sites for hydroxylation is 1. The number of benzene rings is 2. The van der Waals surface area contributed by atoms with Crippen molar-refractivity contribution in [3.63, 3.8) is 0 Å². The van der Waals surface area contributed by atoms with Crippen LogP contribution in [-0.2, 0) is 27.3 Å². The molecule has 0 spiro atoms. The molecule has 172 valence electrons. The van der Waals surface area contributed by atoms with Gasteiger partial charge in [-0.05, 0) is 49.2 Å². The Balaban J connectivity index is 1.54. The van der Waals surface area contributed by atoms with Gasteiger partial charge in [0.1, 0.15) is 6.54 Å². The van der Waals surface area contributed by atoms with Crippen molar-refractivity contribution in [3.05, 3.63) is 59.7 Å². The molecule has 2 N–H and O–H groups in total. The lowest BCUT2D eigenvalue weighted by Gasteiger charge is -2.10. The van der Waals surface area contributed by atoms with Gasteiger partial charge in [-0.2, -0.15) is 4.80 Å². The number of carbonyl (C=O) groups excluding carboxylic acids is 3. The summed E-state index contributed by atoms with van der Waals surface area (Å²) in [4.78, 5) is 37.6. The first-order valence-corrected chi connectivity index (χ1v) is 10.6. The molecule has 33 heavy (non-hydrogen) atoms. The summed E-state index contributed by atoms with van der Waals surface area (Å²) in [6.45, 7) is 5.15. The summed E-state index contributed by atoms with van der Waals surface area (Å²) in [5.41, 5.74) is 2.67. The molecule has 0 aliphatic heterocycles. The van der Waals surface area contributed by atoms with Crippen molar-refractivity contribution < 1.29 is 19.1 Å². The van der Waals surface area contributed by atoms with Gasteiger partial charge in [-0.3, -0.25) is 9.59 Å². The number of hydrogen-bond donors (Lipinski definition) is 2. The van der Waals surface area contributed by atoms with Gasteiger partial charge in [0, 0.05) is 11.3 Å². The van der Waals surface area contributed by atoms with Crippen LogP contribution < -0.4 is 10.6 Å². The average molecular weight is 450 g/mol. The second kappa shape index (κ2) is 11.0. The highest BCUT2D eigenvalue weighted by Gasteiger charge is 2.14. The molecular weight excluding hydrogens is 424 g/mol. The predicted octanol–water partition coefficient (Wildman–Crippen LogP) is 2.22. The van der Waals surface area contributed by atoms with Gasteiger partial charge in [0.2, 0.25) is 17.6 Å². The Hall–Kier alpha value is -4.08. The number of nitrogens with one attached hydrogen (secondary N) is 2. The highest BCUT2D eigenvalue weighted by molar-refractivity contribution is 5.95. The standard InChI is InChI=1S/C23H26N6O4/c1-4-16-8-5-6-11-19(16)25-20(30)13-24-21(31)14-29-27-22(26-28-29)17-9-7-10-18(12-17)23(32)33-15(2)3/h5-12,15H,4,13-14H2,1-3H3,(H,24,31)(H,25,30). The minimum absolute atomic E-state index is 0.182. The van der Waals surface area contributed by atoms with E-state index in [1.807, 2.05) is 31.2 Å². The number of tetrazole rings is 1. The SMILES string of the molecule is CCc1ccccc1NC(=O)CNC(=O)Cn1nnc(-c2cccc(C(=O)OC(C)C)c2)n1. The Kier molecular flexibility index (Phi) is 7.85. The molecule has 0 unspecified atom stereocenters. The van der Waals surface area contributed by atoms with Crippen molar-refractivity contribution in [2.45, 2.75) is 39.8 Å². The number of ether oxygens (including phenoxy) is 1. The van der Waals surface area contributed by atoms with Crippen LogP contribution in [0.1, 0.15) is 36.7 Å². The fourth-order valence-electron chi connectivity index (χ4n) is 3.00. The zero-order valence-corrected chi connectivity index (χ0v) is 18.7. The Morgan fingerprint density at radius 1 is 1.06 bits per heavy atom. The van der Waals surface area contributed by atoms with Crippen LogP contribution in [-0.4, -0.2) is 50.6 Å². The van der Waals surface area contributed by atoms with E-state index in [1.165, 1.54) is 0 Å². The number of esters is 1. The molecule has 0 aliphatic rings. The molecule has 0 saturated carbocycles. The van der Waals surface area contributed by atoms with Crippen molar-refractivity contribution in [3.8, 4) is 11.4 Å². The molecule has 1 aromatic heterocycles. The number of para-hydroxylation sites is 1. The van der Waals surface area contributed by atoms with E-state index in [1.54, 1.807) is 38.1 Å². The number of nitrogens with zero attached hydrogens (tertiary/aromatic N) is 4. The molecule has 1 heterocycles. The smallest absolute Gasteiger partial charge is 0.338 e. The molecule has 10 nitrogen and oxygen atoms in total. The van der Waals surface area contributed by atoms with E-state index in [-0.39, 0.29) is 30.9 Å². The number of hydrogen-bond acceptors (Lipinski definition) is 7. The van der Waals surface area contributed by atoms with Gasteiger partial charge < -0.3 is 15.4 Å². The van der Waals surface area contributed by atoms with Gasteiger partial charge in [-0.1, -0.05) is 37.3 Å². The quantitative estimate of drug-likeness (QED) is 0.478. The van der Waals surface area contributed by atoms with Crippen molar-refractivity contribution in [2.24, 2.45) is 0 Å². The zero-order valence-electron chi connectivity index (χ0n) is 18.7. The molecule has 0 radical (unpaired) electrons. The maximum Gasteiger partial charge on any atom is 0.338 e. The third-order valence-electron chi connectivity index (χ3n) is 4.56. The average Bonchev–Trinajstić information content (AvgIpc) is 3.26. The number of carbonyl (C=O) groups is 3. The minimum Gasteiger partial charge on any atom is -0.459 e. The summed E-state index contributed by atoms with van der Waals surface area (Å²) in [5, 5.41) is 17.3. The largest absolute Gasteiger partial charge is 0.459 e. The van der Waals surface area contributed by atoms with Crippen LogP contribution in [0, 0.1) is 0 Å². The molecular formula is C23H26N6O4. The third-order valence-corrected chi connectivity index (χ3v) is 4.56. The van der Waals surface area contributed by atoms with Crippen molar-refractivity contribution in [1.29, 1.82) is 0 Å². The Labute approximate surface area is 191 Å². The molecule has 0 atom stereocenters. The lowest BCUT2D eigenvalue weighted by molar-refractivity contribution is -0.124. The first-order chi connectivity index (χ1) is 15.9. The van der Waals surface area contributed by atoms with Gasteiger partial charge in [0.25, 0.3) is 0 Å². The summed E-state index contributed by atoms with van der Waals surface area (Å²) in [7, 11) is 0. The third kappa shape index (κ3) is 6.70. The predicted molar refractivity (Wildman–Crippen MR) is 121 cm³/mol. The summed E-state index contributed by atoms with van der Waals surface area (Å²) < 4.78 is 5.20. The Morgan fingerprint density at radius 2 is 1.85 bits per heavy atom. The van der Waals surface area contributed by atoms with Crippen LogP contribution in [0.2, 0.25) is 0 Å². The highest BCUT2D eigenvalue weighted by atomic mass is 16.5. The minimum atomic E-state index is -0.446. The lowest BCUT2D eigenvalue weighted by atomic mass is 10.1. The monoisotopic (exact) mass is 450 g/mol. The van der Waals surface area contributed by atoms with Crippen LogP contribution in [0.25, 0.3) is 11.4 Å². The molecule has 0 bridgehead atoms. The lowest BCUT2D eigenvalue weighted by Crippen LogP contribution is -2.35. The molecule has 3 rings (SSSR count). The maximum absolute atomic E-state index is 12.2. The van der Waals surface area contributed by atoms with E-state index in [4.69, 9.17) is 4.74 Å². The van der Waals surface area contributed by atoms with Gasteiger partial charge in [0.05, 0.1) is 18.2 Å². The van der Waals surface area contributed by atoms with Gasteiger partial charge in [-0.25, -0.2) is 4.79 Å². The van der Waals surface area contributed by atoms with Crippen LogP contribution in [0.5, 0.6) is 0 Å². The molecule has 0 fully saturated rings. The first-order valence-electron chi connectivity index (χ1n) is 10.6. The van der Waals surface area contributed by atoms with Crippen LogP contribution in [0.15, 0.2) is 48.5 Å². The first kappa shape index (κ1) is 23.6. The zero-order chi connectivity index (χ0) is 23.8.